The fourth-order valence-electron chi connectivity index (χ4n) is 3.40. The molecule has 0 spiro atoms. The molecule has 1 saturated carbocycles. The summed E-state index contributed by atoms with van der Waals surface area (Å²) >= 11 is 0. The van der Waals surface area contributed by atoms with Crippen LogP contribution in [-0.4, -0.2) is 17.1 Å². The quantitative estimate of drug-likeness (QED) is 0.753. The Morgan fingerprint density at radius 3 is 1.77 bits per heavy atom. The maximum absolute atomic E-state index is 14.5. The fraction of sp³-hybridized carbons (Fsp3) is 0.400. The van der Waals surface area contributed by atoms with Crippen molar-refractivity contribution in [1.82, 2.24) is 4.90 Å². The normalized spacial score (nSPS) is 21.9. The molecule has 0 aromatic heterocycles. The van der Waals surface area contributed by atoms with E-state index in [1.807, 2.05) is 12.1 Å². The van der Waals surface area contributed by atoms with Crippen LogP contribution in [0.15, 0.2) is 60.7 Å². The molecule has 116 valence electrons. The molecule has 2 aromatic rings. The number of rotatable bonds is 5. The second-order valence-electron chi connectivity index (χ2n) is 6.24. The Morgan fingerprint density at radius 1 is 0.773 bits per heavy atom. The third kappa shape index (κ3) is 3.95. The van der Waals surface area contributed by atoms with Gasteiger partial charge in [0, 0.05) is 19.1 Å². The van der Waals surface area contributed by atoms with Crippen molar-refractivity contribution in [2.75, 3.05) is 0 Å². The van der Waals surface area contributed by atoms with Gasteiger partial charge in [0.1, 0.15) is 6.17 Å². The van der Waals surface area contributed by atoms with Crippen molar-refractivity contribution in [3.8, 4) is 0 Å². The van der Waals surface area contributed by atoms with E-state index < -0.39 is 6.17 Å². The zero-order valence-electron chi connectivity index (χ0n) is 13.0. The second kappa shape index (κ2) is 7.55. The summed E-state index contributed by atoms with van der Waals surface area (Å²) in [5.74, 6) is 0. The third-order valence-corrected chi connectivity index (χ3v) is 4.57. The molecule has 2 aromatic carbocycles. The summed E-state index contributed by atoms with van der Waals surface area (Å²) in [5, 5.41) is 0. The predicted molar refractivity (Wildman–Crippen MR) is 89.3 cm³/mol. The van der Waals surface area contributed by atoms with E-state index >= 15 is 0 Å². The van der Waals surface area contributed by atoms with Crippen molar-refractivity contribution in [1.29, 1.82) is 0 Å². The second-order valence-corrected chi connectivity index (χ2v) is 6.24. The van der Waals surface area contributed by atoms with Crippen LogP contribution in [0, 0.1) is 0 Å². The Morgan fingerprint density at radius 2 is 1.27 bits per heavy atom. The first-order valence-corrected chi connectivity index (χ1v) is 8.29. The van der Waals surface area contributed by atoms with Gasteiger partial charge >= 0.3 is 0 Å². The molecule has 0 heterocycles. The number of benzene rings is 2. The highest BCUT2D eigenvalue weighted by Crippen LogP contribution is 2.28. The van der Waals surface area contributed by atoms with Crippen molar-refractivity contribution < 1.29 is 4.39 Å². The Bertz CT molecular complexity index is 513. The van der Waals surface area contributed by atoms with E-state index in [0.29, 0.717) is 6.42 Å². The van der Waals surface area contributed by atoms with Gasteiger partial charge in [0.05, 0.1) is 0 Å². The SMILES string of the molecule is F[C@@H]1CCCC[C@H]1N(Cc1ccccc1)Cc1ccccc1. The zero-order chi connectivity index (χ0) is 15.2. The minimum Gasteiger partial charge on any atom is -0.289 e. The highest BCUT2D eigenvalue weighted by atomic mass is 19.1. The Balaban J connectivity index is 1.78. The Kier molecular flexibility index (Phi) is 5.23. The minimum atomic E-state index is -0.693. The smallest absolute Gasteiger partial charge is 0.116 e. The summed E-state index contributed by atoms with van der Waals surface area (Å²) in [5.41, 5.74) is 2.52. The zero-order valence-corrected chi connectivity index (χ0v) is 13.0. The van der Waals surface area contributed by atoms with Gasteiger partial charge in [-0.05, 0) is 24.0 Å². The van der Waals surface area contributed by atoms with Crippen LogP contribution in [0.2, 0.25) is 0 Å². The van der Waals surface area contributed by atoms with Crippen LogP contribution < -0.4 is 0 Å². The molecular weight excluding hydrogens is 273 g/mol. The molecule has 1 fully saturated rings. The molecule has 2 atom stereocenters. The highest BCUT2D eigenvalue weighted by molar-refractivity contribution is 5.17. The molecule has 1 nitrogen and oxygen atoms in total. The number of halogens is 1. The average Bonchev–Trinajstić information content (AvgIpc) is 2.57. The molecule has 0 bridgehead atoms. The number of alkyl halides is 1. The van der Waals surface area contributed by atoms with Gasteiger partial charge in [-0.2, -0.15) is 0 Å². The molecule has 0 radical (unpaired) electrons. The molecule has 3 rings (SSSR count). The molecule has 0 aliphatic heterocycles. The lowest BCUT2D eigenvalue weighted by Crippen LogP contribution is -2.42. The van der Waals surface area contributed by atoms with Crippen LogP contribution in [0.3, 0.4) is 0 Å². The van der Waals surface area contributed by atoms with E-state index in [2.05, 4.69) is 53.4 Å². The average molecular weight is 297 g/mol. The first-order valence-electron chi connectivity index (χ1n) is 8.29. The molecule has 0 N–H and O–H groups in total. The van der Waals surface area contributed by atoms with Crippen LogP contribution in [0.4, 0.5) is 4.39 Å². The lowest BCUT2D eigenvalue weighted by molar-refractivity contribution is 0.0639. The van der Waals surface area contributed by atoms with Crippen molar-refractivity contribution in [3.63, 3.8) is 0 Å². The fourth-order valence-corrected chi connectivity index (χ4v) is 3.40. The summed E-state index contributed by atoms with van der Waals surface area (Å²) in [6.07, 6.45) is 3.17. The van der Waals surface area contributed by atoms with Gasteiger partial charge < -0.3 is 0 Å². The standard InChI is InChI=1S/C20H24FN/c21-19-13-7-8-14-20(19)22(15-17-9-3-1-4-10-17)16-18-11-5-2-6-12-18/h1-6,9-12,19-20H,7-8,13-16H2/t19-,20-/m1/s1. The van der Waals surface area contributed by atoms with E-state index in [0.717, 1.165) is 32.4 Å². The van der Waals surface area contributed by atoms with Crippen molar-refractivity contribution in [2.45, 2.75) is 51.0 Å². The van der Waals surface area contributed by atoms with Gasteiger partial charge in [0.2, 0.25) is 0 Å². The highest BCUT2D eigenvalue weighted by Gasteiger charge is 2.30. The summed E-state index contributed by atoms with van der Waals surface area (Å²) in [6, 6.07) is 20.9. The first-order chi connectivity index (χ1) is 10.8. The maximum Gasteiger partial charge on any atom is 0.116 e. The van der Waals surface area contributed by atoms with Gasteiger partial charge in [0.15, 0.2) is 0 Å². The Hall–Kier alpha value is -1.67. The van der Waals surface area contributed by atoms with Crippen LogP contribution in [0.1, 0.15) is 36.8 Å². The minimum absolute atomic E-state index is 0.0502. The first kappa shape index (κ1) is 15.2. The summed E-state index contributed by atoms with van der Waals surface area (Å²) in [7, 11) is 0. The summed E-state index contributed by atoms with van der Waals surface area (Å²) in [6.45, 7) is 1.64. The van der Waals surface area contributed by atoms with Gasteiger partial charge in [-0.15, -0.1) is 0 Å². The summed E-state index contributed by atoms with van der Waals surface area (Å²) in [4.78, 5) is 2.33. The number of hydrogen-bond acceptors (Lipinski definition) is 1. The van der Waals surface area contributed by atoms with E-state index in [1.165, 1.54) is 11.1 Å². The van der Waals surface area contributed by atoms with Crippen LogP contribution in [0.25, 0.3) is 0 Å². The largest absolute Gasteiger partial charge is 0.289 e. The number of hydrogen-bond donors (Lipinski definition) is 0. The van der Waals surface area contributed by atoms with E-state index in [4.69, 9.17) is 0 Å². The van der Waals surface area contributed by atoms with Crippen LogP contribution >= 0.6 is 0 Å². The van der Waals surface area contributed by atoms with Crippen molar-refractivity contribution in [3.05, 3.63) is 71.8 Å². The summed E-state index contributed by atoms with van der Waals surface area (Å²) < 4.78 is 14.5. The lowest BCUT2D eigenvalue weighted by atomic mass is 9.91. The molecular formula is C20H24FN. The van der Waals surface area contributed by atoms with Gasteiger partial charge in [-0.1, -0.05) is 73.5 Å². The lowest BCUT2D eigenvalue weighted by Gasteiger charge is -2.36. The molecule has 1 aliphatic carbocycles. The molecule has 0 saturated heterocycles. The van der Waals surface area contributed by atoms with Crippen LogP contribution in [-0.2, 0) is 13.1 Å². The monoisotopic (exact) mass is 297 g/mol. The van der Waals surface area contributed by atoms with Gasteiger partial charge in [-0.3, -0.25) is 4.90 Å². The maximum atomic E-state index is 14.5. The topological polar surface area (TPSA) is 3.24 Å². The van der Waals surface area contributed by atoms with Crippen molar-refractivity contribution in [2.24, 2.45) is 0 Å². The molecule has 0 amide bonds. The third-order valence-electron chi connectivity index (χ3n) is 4.57. The van der Waals surface area contributed by atoms with E-state index in [9.17, 15) is 4.39 Å². The molecule has 2 heteroatoms. The van der Waals surface area contributed by atoms with Crippen molar-refractivity contribution >= 4 is 0 Å². The molecule has 22 heavy (non-hydrogen) atoms. The van der Waals surface area contributed by atoms with Gasteiger partial charge in [0.25, 0.3) is 0 Å². The van der Waals surface area contributed by atoms with Crippen LogP contribution in [0.5, 0.6) is 0 Å². The number of nitrogens with zero attached hydrogens (tertiary/aromatic N) is 1. The Labute approximate surface area is 132 Å². The predicted octanol–water partition coefficient (Wildman–Crippen LogP) is 4.97. The van der Waals surface area contributed by atoms with E-state index in [1.54, 1.807) is 0 Å². The molecule has 1 aliphatic rings. The van der Waals surface area contributed by atoms with E-state index in [-0.39, 0.29) is 6.04 Å². The molecule has 0 unspecified atom stereocenters. The van der Waals surface area contributed by atoms with Gasteiger partial charge in [-0.25, -0.2) is 4.39 Å².